The predicted octanol–water partition coefficient (Wildman–Crippen LogP) is 3.64. The van der Waals surface area contributed by atoms with Gasteiger partial charge in [0.1, 0.15) is 17.5 Å². The molecule has 1 aliphatic rings. The van der Waals surface area contributed by atoms with Crippen molar-refractivity contribution in [3.05, 3.63) is 83.0 Å². The number of thiazole rings is 1. The minimum atomic E-state index is -0.777. The number of carbonyl (C=O) groups is 1. The van der Waals surface area contributed by atoms with Gasteiger partial charge in [-0.1, -0.05) is 17.4 Å². The quantitative estimate of drug-likeness (QED) is 0.394. The molecule has 0 fully saturated rings. The number of benzene rings is 2. The molecule has 3 aromatic rings. The molecule has 1 aliphatic heterocycles. The fourth-order valence-corrected chi connectivity index (χ4v) is 6.05. The summed E-state index contributed by atoms with van der Waals surface area (Å²) in [6.07, 6.45) is 1.83. The molecule has 8 nitrogen and oxygen atoms in total. The molecule has 0 saturated heterocycles. The van der Waals surface area contributed by atoms with Crippen molar-refractivity contribution in [1.29, 1.82) is 0 Å². The maximum absolute atomic E-state index is 13.8. The Morgan fingerprint density at radius 1 is 1.19 bits per heavy atom. The minimum Gasteiger partial charge on any atom is -0.497 e. The third-order valence-electron chi connectivity index (χ3n) is 6.00. The molecular weight excluding hydrogens is 558 g/mol. The van der Waals surface area contributed by atoms with E-state index in [-0.39, 0.29) is 12.2 Å². The highest BCUT2D eigenvalue weighted by Crippen LogP contribution is 2.37. The Hall–Kier alpha value is -3.37. The number of ether oxygens (including phenoxy) is 3. The number of rotatable bonds is 7. The molecular formula is C27H28BrN3O5S. The van der Waals surface area contributed by atoms with Gasteiger partial charge in [0.25, 0.3) is 5.56 Å². The summed E-state index contributed by atoms with van der Waals surface area (Å²) < 4.78 is 19.3. The molecule has 1 aromatic heterocycles. The number of allylic oxidation sites excluding steroid dienone is 1. The van der Waals surface area contributed by atoms with Crippen LogP contribution in [0.4, 0.5) is 5.69 Å². The fourth-order valence-electron chi connectivity index (χ4n) is 4.26. The summed E-state index contributed by atoms with van der Waals surface area (Å²) in [6, 6.07) is 10.4. The number of carbonyl (C=O) groups excluding carboxylic acids is 1. The van der Waals surface area contributed by atoms with Crippen LogP contribution in [0.15, 0.2) is 61.9 Å². The lowest BCUT2D eigenvalue weighted by Gasteiger charge is -2.26. The van der Waals surface area contributed by atoms with Gasteiger partial charge in [-0.15, -0.1) is 0 Å². The van der Waals surface area contributed by atoms with E-state index >= 15 is 0 Å². The summed E-state index contributed by atoms with van der Waals surface area (Å²) >= 11 is 4.88. The van der Waals surface area contributed by atoms with Gasteiger partial charge in [0, 0.05) is 30.2 Å². The van der Waals surface area contributed by atoms with Crippen molar-refractivity contribution in [3.8, 4) is 11.5 Å². The number of hydrogen-bond donors (Lipinski definition) is 0. The average Bonchev–Trinajstić information content (AvgIpc) is 3.16. The normalized spacial score (nSPS) is 15.2. The molecule has 2 aromatic carbocycles. The second-order valence-electron chi connectivity index (χ2n) is 8.52. The van der Waals surface area contributed by atoms with Gasteiger partial charge >= 0.3 is 5.97 Å². The van der Waals surface area contributed by atoms with Crippen LogP contribution in [0, 0.1) is 0 Å². The second kappa shape index (κ2) is 10.9. The molecule has 0 aliphatic carbocycles. The van der Waals surface area contributed by atoms with Gasteiger partial charge in [-0.25, -0.2) is 9.79 Å². The molecule has 0 N–H and O–H groups in total. The zero-order valence-electron chi connectivity index (χ0n) is 21.5. The third kappa shape index (κ3) is 5.08. The molecule has 0 amide bonds. The van der Waals surface area contributed by atoms with Crippen molar-refractivity contribution in [2.45, 2.75) is 19.9 Å². The number of fused-ring (bicyclic) bond motifs is 1. The fraction of sp³-hybridized carbons (Fsp3) is 0.296. The van der Waals surface area contributed by atoms with Crippen molar-refractivity contribution in [2.75, 3.05) is 39.8 Å². The van der Waals surface area contributed by atoms with Gasteiger partial charge in [-0.05, 0) is 65.7 Å². The number of halogens is 1. The first kappa shape index (κ1) is 26.7. The van der Waals surface area contributed by atoms with E-state index in [9.17, 15) is 9.59 Å². The number of esters is 1. The van der Waals surface area contributed by atoms with Crippen LogP contribution < -0.4 is 29.3 Å². The summed E-state index contributed by atoms with van der Waals surface area (Å²) in [7, 11) is 7.04. The first-order valence-corrected chi connectivity index (χ1v) is 13.2. The smallest absolute Gasteiger partial charge is 0.338 e. The number of hydrogen-bond acceptors (Lipinski definition) is 8. The highest BCUT2D eigenvalue weighted by atomic mass is 79.9. The van der Waals surface area contributed by atoms with Crippen molar-refractivity contribution in [3.63, 3.8) is 0 Å². The van der Waals surface area contributed by atoms with Crippen molar-refractivity contribution in [1.82, 2.24) is 4.57 Å². The largest absolute Gasteiger partial charge is 0.497 e. The van der Waals surface area contributed by atoms with E-state index in [1.54, 1.807) is 43.7 Å². The molecule has 1 atom stereocenters. The van der Waals surface area contributed by atoms with E-state index in [4.69, 9.17) is 14.2 Å². The van der Waals surface area contributed by atoms with Gasteiger partial charge in [0.15, 0.2) is 4.80 Å². The first-order valence-electron chi connectivity index (χ1n) is 11.6. The lowest BCUT2D eigenvalue weighted by molar-refractivity contribution is -0.139. The summed E-state index contributed by atoms with van der Waals surface area (Å²) in [5, 5.41) is 0. The Morgan fingerprint density at radius 3 is 2.57 bits per heavy atom. The van der Waals surface area contributed by atoms with Crippen LogP contribution >= 0.6 is 27.3 Å². The predicted molar refractivity (Wildman–Crippen MR) is 148 cm³/mol. The number of methoxy groups -OCH3 is 2. The summed E-state index contributed by atoms with van der Waals surface area (Å²) in [6.45, 7) is 3.69. The Balaban J connectivity index is 1.96. The van der Waals surface area contributed by atoms with E-state index < -0.39 is 12.0 Å². The van der Waals surface area contributed by atoms with Gasteiger partial charge in [0.2, 0.25) is 0 Å². The average molecular weight is 587 g/mol. The third-order valence-corrected chi connectivity index (χ3v) is 7.62. The molecule has 0 saturated carbocycles. The Kier molecular flexibility index (Phi) is 7.89. The maximum Gasteiger partial charge on any atom is 0.338 e. The topological polar surface area (TPSA) is 82.4 Å². The van der Waals surface area contributed by atoms with Crippen LogP contribution in [-0.2, 0) is 9.53 Å². The van der Waals surface area contributed by atoms with Crippen LogP contribution in [0.3, 0.4) is 0 Å². The second-order valence-corrected chi connectivity index (χ2v) is 10.4. The SMILES string of the molecule is CCOC(=O)C1=C(C)N=c2s/c(=C\c3ccc(N(C)C)c(Br)c3)c(=O)n2[C@H]1c1ccc(OC)cc1OC. The van der Waals surface area contributed by atoms with Crippen LogP contribution in [0.2, 0.25) is 0 Å². The van der Waals surface area contributed by atoms with E-state index in [2.05, 4.69) is 20.9 Å². The van der Waals surface area contributed by atoms with Crippen molar-refractivity contribution >= 4 is 45.0 Å². The van der Waals surface area contributed by atoms with E-state index in [0.29, 0.717) is 37.7 Å². The standard InChI is InChI=1S/C27H28BrN3O5S/c1-7-36-26(33)23-15(2)29-27-31(24(23)18-10-9-17(34-5)14-21(18)35-6)25(32)22(37-27)13-16-8-11-20(30(3)4)19(28)12-16/h8-14,24H,7H2,1-6H3/b22-13-/t24-/m0/s1. The van der Waals surface area contributed by atoms with Crippen LogP contribution in [0.5, 0.6) is 11.5 Å². The van der Waals surface area contributed by atoms with Crippen molar-refractivity contribution < 1.29 is 19.0 Å². The molecule has 37 heavy (non-hydrogen) atoms. The molecule has 10 heteroatoms. The van der Waals surface area contributed by atoms with Gasteiger partial charge in [-0.2, -0.15) is 0 Å². The van der Waals surface area contributed by atoms with Crippen LogP contribution in [0.1, 0.15) is 31.0 Å². The van der Waals surface area contributed by atoms with Crippen LogP contribution in [0.25, 0.3) is 6.08 Å². The molecule has 0 spiro atoms. The van der Waals surface area contributed by atoms with E-state index in [1.807, 2.05) is 43.3 Å². The van der Waals surface area contributed by atoms with Crippen molar-refractivity contribution in [2.24, 2.45) is 4.99 Å². The van der Waals surface area contributed by atoms with Gasteiger partial charge < -0.3 is 19.1 Å². The number of aromatic nitrogens is 1. The molecule has 4 rings (SSSR count). The van der Waals surface area contributed by atoms with Gasteiger partial charge in [0.05, 0.1) is 42.3 Å². The Morgan fingerprint density at radius 2 is 1.95 bits per heavy atom. The zero-order valence-corrected chi connectivity index (χ0v) is 23.9. The number of anilines is 1. The Bertz CT molecular complexity index is 1570. The summed E-state index contributed by atoms with van der Waals surface area (Å²) in [5.74, 6) is 0.556. The van der Waals surface area contributed by atoms with Crippen LogP contribution in [-0.4, -0.2) is 45.5 Å². The highest BCUT2D eigenvalue weighted by Gasteiger charge is 2.35. The molecule has 0 radical (unpaired) electrons. The highest BCUT2D eigenvalue weighted by molar-refractivity contribution is 9.10. The first-order chi connectivity index (χ1) is 17.7. The molecule has 194 valence electrons. The van der Waals surface area contributed by atoms with E-state index in [1.165, 1.54) is 18.4 Å². The Labute approximate surface area is 227 Å². The summed E-state index contributed by atoms with van der Waals surface area (Å²) in [5.41, 5.74) is 3.05. The lowest BCUT2D eigenvalue weighted by atomic mass is 9.95. The molecule has 2 heterocycles. The maximum atomic E-state index is 13.8. The number of nitrogens with zero attached hydrogens (tertiary/aromatic N) is 3. The zero-order chi connectivity index (χ0) is 26.9. The molecule has 0 unspecified atom stereocenters. The lowest BCUT2D eigenvalue weighted by Crippen LogP contribution is -2.40. The molecule has 0 bridgehead atoms. The van der Waals surface area contributed by atoms with Gasteiger partial charge in [-0.3, -0.25) is 9.36 Å². The summed E-state index contributed by atoms with van der Waals surface area (Å²) in [4.78, 5) is 34.1. The van der Waals surface area contributed by atoms with E-state index in [0.717, 1.165) is 15.7 Å². The monoisotopic (exact) mass is 585 g/mol. The minimum absolute atomic E-state index is 0.199.